The standard InChI is InChI=1S/C21H23NO.2C2H6/c1-4-8-16(17-11-6-5-9-14(17)2)13-18-20-15(3)10-7-12-19(20)22-21(18)23;2*1-2/h5-7,9-13,16H,4,8H2,1-3H3,(H,22,23);2*1-2H3/b18-13-;;. The van der Waals surface area contributed by atoms with Crippen LogP contribution >= 0.6 is 0 Å². The number of carbonyl (C=O) groups excluding carboxylic acids is 1. The van der Waals surface area contributed by atoms with Crippen LogP contribution < -0.4 is 5.32 Å². The highest BCUT2D eigenvalue weighted by Crippen LogP contribution is 2.37. The molecule has 0 aromatic heterocycles. The van der Waals surface area contributed by atoms with E-state index in [1.165, 1.54) is 11.1 Å². The second kappa shape index (κ2) is 11.4. The number of carbonyl (C=O) groups is 1. The first-order valence-corrected chi connectivity index (χ1v) is 10.3. The lowest BCUT2D eigenvalue weighted by atomic mass is 9.88. The average Bonchev–Trinajstić information content (AvgIpc) is 3.01. The van der Waals surface area contributed by atoms with E-state index in [1.807, 2.05) is 39.8 Å². The summed E-state index contributed by atoms with van der Waals surface area (Å²) in [6, 6.07) is 14.5. The summed E-state index contributed by atoms with van der Waals surface area (Å²) in [5, 5.41) is 2.99. The van der Waals surface area contributed by atoms with E-state index < -0.39 is 0 Å². The topological polar surface area (TPSA) is 29.1 Å². The van der Waals surface area contributed by atoms with Crippen molar-refractivity contribution in [3.8, 4) is 0 Å². The summed E-state index contributed by atoms with van der Waals surface area (Å²) < 4.78 is 0. The van der Waals surface area contributed by atoms with Crippen LogP contribution in [0, 0.1) is 13.8 Å². The summed E-state index contributed by atoms with van der Waals surface area (Å²) in [6.45, 7) is 14.4. The number of benzene rings is 2. The van der Waals surface area contributed by atoms with Gasteiger partial charge >= 0.3 is 0 Å². The highest BCUT2D eigenvalue weighted by molar-refractivity contribution is 6.32. The smallest absolute Gasteiger partial charge is 0.256 e. The third-order valence-electron chi connectivity index (χ3n) is 4.59. The molecule has 2 aromatic carbocycles. The Morgan fingerprint density at radius 2 is 1.56 bits per heavy atom. The molecular formula is C25H35NO. The first-order chi connectivity index (χ1) is 13.1. The number of nitrogens with one attached hydrogen (secondary N) is 1. The molecule has 1 unspecified atom stereocenters. The Kier molecular flexibility index (Phi) is 9.56. The summed E-state index contributed by atoms with van der Waals surface area (Å²) in [7, 11) is 0. The van der Waals surface area contributed by atoms with E-state index in [0.29, 0.717) is 0 Å². The maximum Gasteiger partial charge on any atom is 0.256 e. The number of allylic oxidation sites excluding steroid dienone is 1. The Hall–Kier alpha value is -2.35. The summed E-state index contributed by atoms with van der Waals surface area (Å²) in [5.74, 6) is 0.288. The molecule has 0 fully saturated rings. The molecule has 1 aliphatic heterocycles. The van der Waals surface area contributed by atoms with E-state index in [4.69, 9.17) is 0 Å². The van der Waals surface area contributed by atoms with Gasteiger partial charge in [0, 0.05) is 22.7 Å². The first-order valence-electron chi connectivity index (χ1n) is 10.3. The number of hydrogen-bond donors (Lipinski definition) is 1. The quantitative estimate of drug-likeness (QED) is 0.567. The first kappa shape index (κ1) is 22.7. The van der Waals surface area contributed by atoms with Gasteiger partial charge in [-0.1, -0.05) is 83.5 Å². The van der Waals surface area contributed by atoms with Crippen LogP contribution in [0.4, 0.5) is 5.69 Å². The van der Waals surface area contributed by atoms with Gasteiger partial charge in [-0.3, -0.25) is 4.79 Å². The number of rotatable bonds is 4. The predicted molar refractivity (Wildman–Crippen MR) is 119 cm³/mol. The van der Waals surface area contributed by atoms with Crippen LogP contribution in [-0.4, -0.2) is 5.91 Å². The van der Waals surface area contributed by atoms with Crippen LogP contribution in [0.2, 0.25) is 0 Å². The number of hydrogen-bond acceptors (Lipinski definition) is 1. The van der Waals surface area contributed by atoms with Crippen LogP contribution in [0.15, 0.2) is 48.5 Å². The fourth-order valence-corrected chi connectivity index (χ4v) is 3.44. The van der Waals surface area contributed by atoms with Crippen molar-refractivity contribution in [2.45, 2.75) is 67.2 Å². The number of aryl methyl sites for hydroxylation is 2. The molecule has 1 atom stereocenters. The summed E-state index contributed by atoms with van der Waals surface area (Å²) in [4.78, 5) is 12.5. The van der Waals surface area contributed by atoms with Crippen molar-refractivity contribution in [1.82, 2.24) is 0 Å². The Morgan fingerprint density at radius 1 is 0.926 bits per heavy atom. The Bertz CT molecular complexity index is 774. The Morgan fingerprint density at radius 3 is 2.19 bits per heavy atom. The monoisotopic (exact) mass is 365 g/mol. The molecular weight excluding hydrogens is 330 g/mol. The molecule has 2 heteroatoms. The lowest BCUT2D eigenvalue weighted by Crippen LogP contribution is -2.06. The van der Waals surface area contributed by atoms with Crippen molar-refractivity contribution >= 4 is 17.2 Å². The maximum absolute atomic E-state index is 12.5. The molecule has 2 aromatic rings. The summed E-state index contributed by atoms with van der Waals surface area (Å²) in [5.41, 5.74) is 6.56. The van der Waals surface area contributed by atoms with E-state index in [2.05, 4.69) is 62.5 Å². The molecule has 1 aliphatic rings. The van der Waals surface area contributed by atoms with Crippen LogP contribution in [0.3, 0.4) is 0 Å². The van der Waals surface area contributed by atoms with Crippen LogP contribution in [0.25, 0.3) is 5.57 Å². The molecule has 0 aliphatic carbocycles. The van der Waals surface area contributed by atoms with Gasteiger partial charge in [0.2, 0.25) is 0 Å². The van der Waals surface area contributed by atoms with Crippen molar-refractivity contribution in [1.29, 1.82) is 0 Å². The second-order valence-corrected chi connectivity index (χ2v) is 6.28. The number of anilines is 1. The lowest BCUT2D eigenvalue weighted by Gasteiger charge is -2.16. The molecule has 0 spiro atoms. The molecule has 1 N–H and O–H groups in total. The van der Waals surface area contributed by atoms with Gasteiger partial charge in [0.25, 0.3) is 5.91 Å². The minimum atomic E-state index is 0.0176. The molecule has 0 radical (unpaired) electrons. The summed E-state index contributed by atoms with van der Waals surface area (Å²) in [6.07, 6.45) is 4.30. The number of amides is 1. The lowest BCUT2D eigenvalue weighted by molar-refractivity contribution is -0.110. The molecule has 0 saturated heterocycles. The molecule has 2 nitrogen and oxygen atoms in total. The van der Waals surface area contributed by atoms with Gasteiger partial charge in [0.15, 0.2) is 0 Å². The van der Waals surface area contributed by atoms with Gasteiger partial charge in [-0.2, -0.15) is 0 Å². The minimum Gasteiger partial charge on any atom is -0.321 e. The molecule has 0 saturated carbocycles. The molecule has 27 heavy (non-hydrogen) atoms. The zero-order valence-corrected chi connectivity index (χ0v) is 18.0. The van der Waals surface area contributed by atoms with Crippen molar-refractivity contribution in [3.63, 3.8) is 0 Å². The van der Waals surface area contributed by atoms with Gasteiger partial charge in [0.05, 0.1) is 0 Å². The van der Waals surface area contributed by atoms with E-state index in [-0.39, 0.29) is 11.8 Å². The Labute approximate surface area is 165 Å². The van der Waals surface area contributed by atoms with E-state index >= 15 is 0 Å². The van der Waals surface area contributed by atoms with E-state index in [9.17, 15) is 4.79 Å². The SMILES string of the molecule is CC.CC.CCCC(/C=C1\C(=O)Nc2cccc(C)c21)c1ccccc1C. The third-order valence-corrected chi connectivity index (χ3v) is 4.59. The second-order valence-electron chi connectivity index (χ2n) is 6.28. The maximum atomic E-state index is 12.5. The molecule has 0 bridgehead atoms. The third kappa shape index (κ3) is 5.32. The highest BCUT2D eigenvalue weighted by atomic mass is 16.2. The average molecular weight is 366 g/mol. The van der Waals surface area contributed by atoms with E-state index in [1.54, 1.807) is 0 Å². The highest BCUT2D eigenvalue weighted by Gasteiger charge is 2.26. The van der Waals surface area contributed by atoms with Gasteiger partial charge in [-0.05, 0) is 43.0 Å². The molecule has 1 heterocycles. The molecule has 1 amide bonds. The fourth-order valence-electron chi connectivity index (χ4n) is 3.44. The van der Waals surface area contributed by atoms with Crippen LogP contribution in [0.1, 0.15) is 75.6 Å². The van der Waals surface area contributed by atoms with Crippen molar-refractivity contribution < 1.29 is 4.79 Å². The molecule has 146 valence electrons. The number of fused-ring (bicyclic) bond motifs is 1. The van der Waals surface area contributed by atoms with Gasteiger partial charge in [-0.25, -0.2) is 0 Å². The van der Waals surface area contributed by atoms with Crippen LogP contribution in [0.5, 0.6) is 0 Å². The van der Waals surface area contributed by atoms with Gasteiger partial charge in [0.1, 0.15) is 0 Å². The zero-order chi connectivity index (χ0) is 20.4. The van der Waals surface area contributed by atoms with E-state index in [0.717, 1.165) is 35.2 Å². The Balaban J connectivity index is 0.000000855. The van der Waals surface area contributed by atoms with Crippen molar-refractivity contribution in [2.75, 3.05) is 5.32 Å². The molecule has 3 rings (SSSR count). The summed E-state index contributed by atoms with van der Waals surface area (Å²) >= 11 is 0. The minimum absolute atomic E-state index is 0.0176. The van der Waals surface area contributed by atoms with Crippen LogP contribution in [-0.2, 0) is 4.79 Å². The van der Waals surface area contributed by atoms with Crippen molar-refractivity contribution in [3.05, 3.63) is 70.8 Å². The predicted octanol–water partition coefficient (Wildman–Crippen LogP) is 7.28. The van der Waals surface area contributed by atoms with Gasteiger partial charge in [-0.15, -0.1) is 0 Å². The normalized spacial score (nSPS) is 14.3. The fraction of sp³-hybridized carbons (Fsp3) is 0.400. The zero-order valence-electron chi connectivity index (χ0n) is 18.0. The van der Waals surface area contributed by atoms with Gasteiger partial charge < -0.3 is 5.32 Å². The van der Waals surface area contributed by atoms with Crippen molar-refractivity contribution in [2.24, 2.45) is 0 Å². The largest absolute Gasteiger partial charge is 0.321 e.